The first kappa shape index (κ1) is 9.92. The van der Waals surface area contributed by atoms with Crippen LogP contribution in [0.25, 0.3) is 0 Å². The van der Waals surface area contributed by atoms with Gasteiger partial charge in [-0.15, -0.1) is 0 Å². The molecular weight excluding hydrogens is 126 g/mol. The van der Waals surface area contributed by atoms with E-state index in [0.717, 1.165) is 6.61 Å². The molecule has 2 heteroatoms. The zero-order valence-corrected chi connectivity index (χ0v) is 7.10. The molecule has 0 aliphatic heterocycles. The smallest absolute Gasteiger partial charge is 0.0707 e. The van der Waals surface area contributed by atoms with Gasteiger partial charge in [-0.25, -0.2) is 5.90 Å². The third-order valence-corrected chi connectivity index (χ3v) is 1.88. The van der Waals surface area contributed by atoms with Gasteiger partial charge >= 0.3 is 0 Å². The Morgan fingerprint density at radius 3 is 2.50 bits per heavy atom. The predicted octanol–water partition coefficient (Wildman–Crippen LogP) is 2.09. The standard InChI is InChI=1S/C8H19NO/c1-3-5-6-8(4-2)7-10-9/h8H,3-7,9H2,1-2H3/t8-/m1/s1. The Labute approximate surface area is 63.7 Å². The molecule has 0 amide bonds. The summed E-state index contributed by atoms with van der Waals surface area (Å²) in [6.45, 7) is 5.10. The maximum Gasteiger partial charge on any atom is 0.0707 e. The van der Waals surface area contributed by atoms with E-state index in [1.807, 2.05) is 0 Å². The van der Waals surface area contributed by atoms with E-state index >= 15 is 0 Å². The van der Waals surface area contributed by atoms with E-state index in [-0.39, 0.29) is 0 Å². The number of unbranched alkanes of at least 4 members (excludes halogenated alkanes) is 1. The summed E-state index contributed by atoms with van der Waals surface area (Å²) in [6, 6.07) is 0. The fourth-order valence-electron chi connectivity index (χ4n) is 1.03. The van der Waals surface area contributed by atoms with Crippen LogP contribution in [-0.2, 0) is 4.84 Å². The molecule has 0 saturated carbocycles. The van der Waals surface area contributed by atoms with E-state index in [1.165, 1.54) is 25.7 Å². The summed E-state index contributed by atoms with van der Waals surface area (Å²) in [5, 5.41) is 0. The van der Waals surface area contributed by atoms with Gasteiger partial charge in [0, 0.05) is 0 Å². The van der Waals surface area contributed by atoms with Gasteiger partial charge in [0.2, 0.25) is 0 Å². The van der Waals surface area contributed by atoms with Crippen LogP contribution in [0.5, 0.6) is 0 Å². The van der Waals surface area contributed by atoms with E-state index in [9.17, 15) is 0 Å². The molecular formula is C8H19NO. The van der Waals surface area contributed by atoms with Gasteiger partial charge in [-0.2, -0.15) is 0 Å². The second-order valence-electron chi connectivity index (χ2n) is 2.75. The van der Waals surface area contributed by atoms with Crippen molar-refractivity contribution in [2.75, 3.05) is 6.61 Å². The lowest BCUT2D eigenvalue weighted by atomic mass is 10.0. The third kappa shape index (κ3) is 4.77. The predicted molar refractivity (Wildman–Crippen MR) is 43.4 cm³/mol. The van der Waals surface area contributed by atoms with Gasteiger partial charge in [0.1, 0.15) is 0 Å². The highest BCUT2D eigenvalue weighted by Gasteiger charge is 2.03. The normalized spacial score (nSPS) is 13.5. The van der Waals surface area contributed by atoms with E-state index < -0.39 is 0 Å². The monoisotopic (exact) mass is 145 g/mol. The highest BCUT2D eigenvalue weighted by molar-refractivity contribution is 4.54. The molecule has 0 aliphatic carbocycles. The zero-order chi connectivity index (χ0) is 7.82. The summed E-state index contributed by atoms with van der Waals surface area (Å²) in [4.78, 5) is 4.59. The Hall–Kier alpha value is -0.0800. The van der Waals surface area contributed by atoms with Crippen LogP contribution in [0.3, 0.4) is 0 Å². The zero-order valence-electron chi connectivity index (χ0n) is 7.10. The Morgan fingerprint density at radius 1 is 1.40 bits per heavy atom. The van der Waals surface area contributed by atoms with Gasteiger partial charge < -0.3 is 4.84 Å². The first-order chi connectivity index (χ1) is 4.85. The Morgan fingerprint density at radius 2 is 2.10 bits per heavy atom. The van der Waals surface area contributed by atoms with Crippen molar-refractivity contribution in [3.8, 4) is 0 Å². The number of nitrogens with two attached hydrogens (primary N) is 1. The second kappa shape index (κ2) is 7.03. The van der Waals surface area contributed by atoms with E-state index in [0.29, 0.717) is 5.92 Å². The molecule has 0 saturated heterocycles. The molecule has 62 valence electrons. The molecule has 0 aromatic rings. The second-order valence-corrected chi connectivity index (χ2v) is 2.75. The van der Waals surface area contributed by atoms with Crippen molar-refractivity contribution in [3.05, 3.63) is 0 Å². The van der Waals surface area contributed by atoms with Crippen molar-refractivity contribution in [2.45, 2.75) is 39.5 Å². The largest absolute Gasteiger partial charge is 0.304 e. The van der Waals surface area contributed by atoms with Crippen LogP contribution in [0.2, 0.25) is 0 Å². The van der Waals surface area contributed by atoms with E-state index in [1.54, 1.807) is 0 Å². The lowest BCUT2D eigenvalue weighted by molar-refractivity contribution is 0.0956. The Bertz CT molecular complexity index is 66.3. The molecule has 2 N–H and O–H groups in total. The van der Waals surface area contributed by atoms with Crippen molar-refractivity contribution in [1.82, 2.24) is 0 Å². The molecule has 0 aromatic heterocycles. The van der Waals surface area contributed by atoms with E-state index in [2.05, 4.69) is 18.7 Å². The number of rotatable bonds is 6. The molecule has 0 spiro atoms. The van der Waals surface area contributed by atoms with Crippen LogP contribution >= 0.6 is 0 Å². The van der Waals surface area contributed by atoms with Crippen LogP contribution in [0.1, 0.15) is 39.5 Å². The van der Waals surface area contributed by atoms with Crippen LogP contribution < -0.4 is 5.90 Å². The number of hydrogen-bond donors (Lipinski definition) is 1. The van der Waals surface area contributed by atoms with Crippen molar-refractivity contribution in [3.63, 3.8) is 0 Å². The highest BCUT2D eigenvalue weighted by atomic mass is 16.6. The maximum absolute atomic E-state index is 4.98. The molecule has 1 atom stereocenters. The fraction of sp³-hybridized carbons (Fsp3) is 1.00. The summed E-state index contributed by atoms with van der Waals surface area (Å²) >= 11 is 0. The molecule has 0 aliphatic rings. The van der Waals surface area contributed by atoms with Gasteiger partial charge in [-0.1, -0.05) is 33.1 Å². The summed E-state index contributed by atoms with van der Waals surface area (Å²) < 4.78 is 0. The van der Waals surface area contributed by atoms with Crippen molar-refractivity contribution < 1.29 is 4.84 Å². The molecule has 0 unspecified atom stereocenters. The minimum atomic E-state index is 0.671. The van der Waals surface area contributed by atoms with Gasteiger partial charge in [0.05, 0.1) is 6.61 Å². The average molecular weight is 145 g/mol. The maximum atomic E-state index is 4.98. The minimum Gasteiger partial charge on any atom is -0.304 e. The molecule has 10 heavy (non-hydrogen) atoms. The molecule has 0 rings (SSSR count). The first-order valence-electron chi connectivity index (χ1n) is 4.16. The molecule has 2 nitrogen and oxygen atoms in total. The minimum absolute atomic E-state index is 0.671. The van der Waals surface area contributed by atoms with Crippen molar-refractivity contribution in [1.29, 1.82) is 0 Å². The molecule has 0 heterocycles. The van der Waals surface area contributed by atoms with Gasteiger partial charge in [-0.3, -0.25) is 0 Å². The summed E-state index contributed by atoms with van der Waals surface area (Å²) in [6.07, 6.45) is 4.99. The summed E-state index contributed by atoms with van der Waals surface area (Å²) in [5.41, 5.74) is 0. The highest BCUT2D eigenvalue weighted by Crippen LogP contribution is 2.11. The fourth-order valence-corrected chi connectivity index (χ4v) is 1.03. The average Bonchev–Trinajstić information content (AvgIpc) is 1.98. The molecule has 0 fully saturated rings. The first-order valence-corrected chi connectivity index (χ1v) is 4.16. The molecule has 0 aromatic carbocycles. The van der Waals surface area contributed by atoms with Crippen LogP contribution in [0, 0.1) is 5.92 Å². The van der Waals surface area contributed by atoms with Crippen molar-refractivity contribution >= 4 is 0 Å². The van der Waals surface area contributed by atoms with Gasteiger partial charge in [0.15, 0.2) is 0 Å². The van der Waals surface area contributed by atoms with Gasteiger partial charge in [0.25, 0.3) is 0 Å². The van der Waals surface area contributed by atoms with Crippen LogP contribution in [0.15, 0.2) is 0 Å². The molecule has 0 radical (unpaired) electrons. The lowest BCUT2D eigenvalue weighted by Crippen LogP contribution is -2.11. The SMILES string of the molecule is CCCC[C@@H](CC)CON. The molecule has 0 bridgehead atoms. The third-order valence-electron chi connectivity index (χ3n) is 1.88. The number of hydrogen-bond acceptors (Lipinski definition) is 2. The van der Waals surface area contributed by atoms with E-state index in [4.69, 9.17) is 5.90 Å². The quantitative estimate of drug-likeness (QED) is 0.581. The van der Waals surface area contributed by atoms with Gasteiger partial charge in [-0.05, 0) is 12.3 Å². The topological polar surface area (TPSA) is 35.2 Å². The Balaban J connectivity index is 3.21. The van der Waals surface area contributed by atoms with Crippen LogP contribution in [-0.4, -0.2) is 6.61 Å². The van der Waals surface area contributed by atoms with Crippen molar-refractivity contribution in [2.24, 2.45) is 11.8 Å². The summed E-state index contributed by atoms with van der Waals surface area (Å²) in [5.74, 6) is 5.65. The van der Waals surface area contributed by atoms with Crippen LogP contribution in [0.4, 0.5) is 0 Å². The Kier molecular flexibility index (Phi) is 6.98. The lowest BCUT2D eigenvalue weighted by Gasteiger charge is -2.11. The summed E-state index contributed by atoms with van der Waals surface area (Å²) in [7, 11) is 0.